The van der Waals surface area contributed by atoms with Crippen LogP contribution in [-0.2, 0) is 0 Å². The molecule has 0 aromatic heterocycles. The summed E-state index contributed by atoms with van der Waals surface area (Å²) in [5.41, 5.74) is 7.66. The molecule has 0 N–H and O–H groups in total. The minimum absolute atomic E-state index is 0.0880. The van der Waals surface area contributed by atoms with Gasteiger partial charge in [-0.2, -0.15) is 0 Å². The van der Waals surface area contributed by atoms with Crippen molar-refractivity contribution in [2.75, 3.05) is 6.66 Å². The van der Waals surface area contributed by atoms with Crippen molar-refractivity contribution in [2.24, 2.45) is 0 Å². The molecular weight excluding hydrogens is 182 g/mol. The summed E-state index contributed by atoms with van der Waals surface area (Å²) in [7, 11) is -1.62. The van der Waals surface area contributed by atoms with E-state index in [0.29, 0.717) is 0 Å². The quantitative estimate of drug-likeness (QED) is 0.463. The summed E-state index contributed by atoms with van der Waals surface area (Å²) in [5.74, 6) is 2.58. The number of hydrogen-bond donors (Lipinski definition) is 0. The third kappa shape index (κ3) is 2.62. The van der Waals surface area contributed by atoms with Gasteiger partial charge in [0.2, 0.25) is 0 Å². The highest BCUT2D eigenvalue weighted by atomic mass is 31.2. The third-order valence-corrected chi connectivity index (χ3v) is 5.46. The van der Waals surface area contributed by atoms with Crippen LogP contribution in [0.25, 0.3) is 0 Å². The molecule has 0 amide bonds. The normalized spacial score (nSPS) is 13.2. The van der Waals surface area contributed by atoms with E-state index in [9.17, 15) is 0 Å². The molecule has 0 fully saturated rings. The molecule has 0 aliphatic rings. The molecule has 0 aromatic rings. The Kier molecular flexibility index (Phi) is 5.28. The van der Waals surface area contributed by atoms with Gasteiger partial charge >= 0.3 is 0 Å². The summed E-state index contributed by atoms with van der Waals surface area (Å²) in [6.45, 7) is 1.92. The van der Waals surface area contributed by atoms with Crippen molar-refractivity contribution in [3.8, 4) is 48.6 Å². The molecule has 2 heteroatoms. The first-order chi connectivity index (χ1) is 5.71. The first kappa shape index (κ1) is 11.1. The van der Waals surface area contributed by atoms with Gasteiger partial charge in [-0.3, -0.25) is 0 Å². The van der Waals surface area contributed by atoms with Gasteiger partial charge < -0.3 is 0 Å². The highest BCUT2D eigenvalue weighted by Gasteiger charge is 2.20. The smallest absolute Gasteiger partial charge is 0.0930 e. The van der Waals surface area contributed by atoms with Gasteiger partial charge in [-0.05, 0) is 14.6 Å². The van der Waals surface area contributed by atoms with Gasteiger partial charge in [-0.15, -0.1) is 25.7 Å². The topological polar surface area (TPSA) is 0 Å². The molecular formula is C10H8P2. The molecule has 0 aliphatic carbocycles. The molecule has 0 nitrogen and oxygen atoms in total. The van der Waals surface area contributed by atoms with Gasteiger partial charge in [0.05, 0.1) is 13.3 Å². The molecule has 12 heavy (non-hydrogen) atoms. The molecule has 0 saturated carbocycles. The van der Waals surface area contributed by atoms with Crippen molar-refractivity contribution < 1.29 is 0 Å². The van der Waals surface area contributed by atoms with Gasteiger partial charge in [-0.25, -0.2) is 0 Å². The Balaban J connectivity index is 4.64. The summed E-state index contributed by atoms with van der Waals surface area (Å²) >= 11 is 0. The molecule has 2 unspecified atom stereocenters. The van der Waals surface area contributed by atoms with E-state index in [1.54, 1.807) is 0 Å². The van der Waals surface area contributed by atoms with Crippen LogP contribution in [0.15, 0.2) is 0 Å². The standard InChI is InChI=1S/C10H8P2/c1-6-10(11(5)7-2)12(8-3)9-4/h1-4,10H,5H3. The van der Waals surface area contributed by atoms with Crippen LogP contribution in [0.5, 0.6) is 0 Å². The van der Waals surface area contributed by atoms with E-state index in [1.165, 1.54) is 0 Å². The predicted molar refractivity (Wildman–Crippen MR) is 58.9 cm³/mol. The van der Waals surface area contributed by atoms with Crippen LogP contribution in [-0.4, -0.2) is 12.1 Å². The molecule has 0 spiro atoms. The van der Waals surface area contributed by atoms with Gasteiger partial charge in [0.1, 0.15) is 0 Å². The molecule has 58 valence electrons. The summed E-state index contributed by atoms with van der Waals surface area (Å²) in [4.78, 5) is 0. The average molecular weight is 190 g/mol. The van der Waals surface area contributed by atoms with Crippen molar-refractivity contribution >= 4 is 15.8 Å². The molecule has 0 bridgehead atoms. The zero-order valence-corrected chi connectivity index (χ0v) is 8.57. The van der Waals surface area contributed by atoms with Crippen molar-refractivity contribution in [1.82, 2.24) is 0 Å². The van der Waals surface area contributed by atoms with E-state index < -0.39 is 15.8 Å². The highest BCUT2D eigenvalue weighted by Crippen LogP contribution is 2.54. The fourth-order valence-electron chi connectivity index (χ4n) is 0.609. The van der Waals surface area contributed by atoms with Crippen LogP contribution in [0.3, 0.4) is 0 Å². The number of hydrogen-bond acceptors (Lipinski definition) is 0. The maximum atomic E-state index is 5.30. The maximum Gasteiger partial charge on any atom is 0.0930 e. The van der Waals surface area contributed by atoms with Crippen LogP contribution < -0.4 is 0 Å². The number of rotatable bonds is 2. The van der Waals surface area contributed by atoms with Crippen molar-refractivity contribution in [1.29, 1.82) is 0 Å². The van der Waals surface area contributed by atoms with Crippen molar-refractivity contribution in [2.45, 2.75) is 5.40 Å². The fourth-order valence-corrected chi connectivity index (χ4v) is 3.47. The lowest BCUT2D eigenvalue weighted by Crippen LogP contribution is -1.95. The largest absolute Gasteiger partial charge is 0.119 e. The lowest BCUT2D eigenvalue weighted by molar-refractivity contribution is 1.73. The second-order valence-corrected chi connectivity index (χ2v) is 6.09. The SMILES string of the molecule is C#CC(P(C)C#C)P(C#C)C#C. The van der Waals surface area contributed by atoms with E-state index in [2.05, 4.69) is 22.9 Å². The van der Waals surface area contributed by atoms with Crippen LogP contribution in [0.4, 0.5) is 0 Å². The molecule has 0 radical (unpaired) electrons. The number of terminal acetylenes is 4. The second-order valence-electron chi connectivity index (χ2n) is 1.91. The van der Waals surface area contributed by atoms with E-state index in [1.807, 2.05) is 6.66 Å². The van der Waals surface area contributed by atoms with E-state index >= 15 is 0 Å². The van der Waals surface area contributed by atoms with Gasteiger partial charge in [0.15, 0.2) is 0 Å². The third-order valence-electron chi connectivity index (χ3n) is 1.24. The lowest BCUT2D eigenvalue weighted by atomic mass is 10.8. The zero-order chi connectivity index (χ0) is 9.56. The predicted octanol–water partition coefficient (Wildman–Crippen LogP) is 2.31. The van der Waals surface area contributed by atoms with Crippen LogP contribution in [0, 0.1) is 48.6 Å². The Bertz CT molecular complexity index is 289. The first-order valence-corrected chi connectivity index (χ1v) is 6.35. The molecule has 2 atom stereocenters. The molecule has 0 aliphatic heterocycles. The van der Waals surface area contributed by atoms with E-state index in [4.69, 9.17) is 25.7 Å². The minimum Gasteiger partial charge on any atom is -0.119 e. The summed E-state index contributed by atoms with van der Waals surface area (Å²) in [6, 6.07) is 0. The molecule has 0 rings (SSSR count). The van der Waals surface area contributed by atoms with Crippen molar-refractivity contribution in [3.05, 3.63) is 0 Å². The highest BCUT2D eigenvalue weighted by molar-refractivity contribution is 7.83. The Morgan fingerprint density at radius 2 is 1.50 bits per heavy atom. The summed E-state index contributed by atoms with van der Waals surface area (Å²) in [5, 5.41) is -0.0880. The molecule has 0 aromatic carbocycles. The van der Waals surface area contributed by atoms with Crippen molar-refractivity contribution in [3.63, 3.8) is 0 Å². The van der Waals surface area contributed by atoms with Gasteiger partial charge in [-0.1, -0.05) is 22.9 Å². The lowest BCUT2D eigenvalue weighted by Gasteiger charge is -2.15. The summed E-state index contributed by atoms with van der Waals surface area (Å²) in [6.07, 6.45) is 21.0. The second kappa shape index (κ2) is 5.71. The zero-order valence-electron chi connectivity index (χ0n) is 6.78. The van der Waals surface area contributed by atoms with Crippen LogP contribution in [0.2, 0.25) is 0 Å². The first-order valence-electron chi connectivity index (χ1n) is 3.08. The molecule has 0 saturated heterocycles. The van der Waals surface area contributed by atoms with E-state index in [-0.39, 0.29) is 5.40 Å². The Morgan fingerprint density at radius 3 is 1.75 bits per heavy atom. The van der Waals surface area contributed by atoms with Gasteiger partial charge in [0.25, 0.3) is 0 Å². The van der Waals surface area contributed by atoms with Gasteiger partial charge in [0, 0.05) is 0 Å². The minimum atomic E-state index is -0.959. The average Bonchev–Trinajstić information content (AvgIpc) is 2.12. The van der Waals surface area contributed by atoms with E-state index in [0.717, 1.165) is 0 Å². The maximum absolute atomic E-state index is 5.30. The fraction of sp³-hybridized carbons (Fsp3) is 0.200. The Labute approximate surface area is 77.0 Å². The van der Waals surface area contributed by atoms with Crippen LogP contribution in [0.1, 0.15) is 0 Å². The summed E-state index contributed by atoms with van der Waals surface area (Å²) < 4.78 is 0. The van der Waals surface area contributed by atoms with Crippen LogP contribution >= 0.6 is 15.8 Å². The Hall–Kier alpha value is -0.900. The monoisotopic (exact) mass is 190 g/mol. The molecule has 0 heterocycles. The Morgan fingerprint density at radius 1 is 1.00 bits per heavy atom.